The molecular formula is C15H17FN2O. The Bertz CT molecular complexity index is 634. The minimum absolute atomic E-state index is 0.175. The van der Waals surface area contributed by atoms with Crippen LogP contribution in [0.4, 0.5) is 10.1 Å². The van der Waals surface area contributed by atoms with Gasteiger partial charge in [0.25, 0.3) is 5.56 Å². The van der Waals surface area contributed by atoms with Crippen molar-refractivity contribution >= 4 is 5.69 Å². The first-order valence-corrected chi connectivity index (χ1v) is 6.32. The Labute approximate surface area is 111 Å². The summed E-state index contributed by atoms with van der Waals surface area (Å²) in [6.45, 7) is 4.20. The molecule has 0 bridgehead atoms. The molecule has 1 heterocycles. The second-order valence-electron chi connectivity index (χ2n) is 4.46. The molecule has 19 heavy (non-hydrogen) atoms. The van der Waals surface area contributed by atoms with Gasteiger partial charge in [0.05, 0.1) is 0 Å². The van der Waals surface area contributed by atoms with Crippen molar-refractivity contribution in [2.75, 3.05) is 5.32 Å². The number of benzene rings is 1. The lowest BCUT2D eigenvalue weighted by Crippen LogP contribution is -2.16. The average Bonchev–Trinajstić information content (AvgIpc) is 2.39. The van der Waals surface area contributed by atoms with E-state index in [1.807, 2.05) is 19.9 Å². The maximum Gasteiger partial charge on any atom is 0.271 e. The van der Waals surface area contributed by atoms with Crippen LogP contribution in [0.15, 0.2) is 35.1 Å². The number of pyridine rings is 1. The van der Waals surface area contributed by atoms with E-state index in [-0.39, 0.29) is 11.4 Å². The first-order valence-electron chi connectivity index (χ1n) is 6.32. The highest BCUT2D eigenvalue weighted by Crippen LogP contribution is 2.12. The van der Waals surface area contributed by atoms with Crippen LogP contribution in [-0.2, 0) is 13.0 Å². The maximum atomic E-state index is 13.5. The van der Waals surface area contributed by atoms with E-state index >= 15 is 0 Å². The molecule has 0 unspecified atom stereocenters. The van der Waals surface area contributed by atoms with E-state index < -0.39 is 0 Å². The molecule has 0 aliphatic carbocycles. The van der Waals surface area contributed by atoms with E-state index in [9.17, 15) is 9.18 Å². The molecule has 2 aromatic rings. The second-order valence-corrected chi connectivity index (χ2v) is 4.46. The van der Waals surface area contributed by atoms with Crippen LogP contribution in [0.2, 0.25) is 0 Å². The molecule has 0 radical (unpaired) electrons. The van der Waals surface area contributed by atoms with Crippen molar-refractivity contribution in [3.63, 3.8) is 0 Å². The van der Waals surface area contributed by atoms with Crippen molar-refractivity contribution in [1.29, 1.82) is 0 Å². The number of hydrogen-bond acceptors (Lipinski definition) is 2. The summed E-state index contributed by atoms with van der Waals surface area (Å²) in [7, 11) is 0. The minimum atomic E-state index is -0.269. The van der Waals surface area contributed by atoms with E-state index in [0.717, 1.165) is 17.7 Å². The lowest BCUT2D eigenvalue weighted by atomic mass is 10.1. The highest BCUT2D eigenvalue weighted by molar-refractivity contribution is 5.45. The molecule has 4 heteroatoms. The first kappa shape index (κ1) is 13.3. The number of hydrogen-bond donors (Lipinski definition) is 2. The van der Waals surface area contributed by atoms with Gasteiger partial charge in [-0.15, -0.1) is 0 Å². The van der Waals surface area contributed by atoms with Gasteiger partial charge in [0.1, 0.15) is 11.5 Å². The van der Waals surface area contributed by atoms with Crippen LogP contribution in [0.1, 0.15) is 23.7 Å². The third-order valence-corrected chi connectivity index (χ3v) is 3.15. The molecule has 2 N–H and O–H groups in total. The first-order chi connectivity index (χ1) is 9.11. The molecule has 100 valence electrons. The predicted octanol–water partition coefficient (Wildman–Crippen LogP) is 3.00. The summed E-state index contributed by atoms with van der Waals surface area (Å²) < 4.78 is 13.5. The van der Waals surface area contributed by atoms with E-state index in [1.165, 1.54) is 6.07 Å². The summed E-state index contributed by atoms with van der Waals surface area (Å²) in [6.07, 6.45) is 0.844. The van der Waals surface area contributed by atoms with Gasteiger partial charge in [-0.25, -0.2) is 4.39 Å². The van der Waals surface area contributed by atoms with E-state index in [2.05, 4.69) is 10.3 Å². The number of H-pyrrole nitrogens is 1. The zero-order valence-corrected chi connectivity index (χ0v) is 11.1. The number of aryl methyl sites for hydroxylation is 2. The van der Waals surface area contributed by atoms with Gasteiger partial charge in [0, 0.05) is 17.8 Å². The molecule has 1 aromatic heterocycles. The van der Waals surface area contributed by atoms with Gasteiger partial charge < -0.3 is 10.3 Å². The Balaban J connectivity index is 2.20. The van der Waals surface area contributed by atoms with Gasteiger partial charge in [-0.1, -0.05) is 25.1 Å². The molecule has 0 saturated heterocycles. The summed E-state index contributed by atoms with van der Waals surface area (Å²) in [5.74, 6) is -0.269. The third-order valence-electron chi connectivity index (χ3n) is 3.15. The SMILES string of the molecule is CCc1cc(NCc2ccccc2F)c(=O)[nH]c1C. The highest BCUT2D eigenvalue weighted by atomic mass is 19.1. The number of rotatable bonds is 4. The fourth-order valence-electron chi connectivity index (χ4n) is 2.00. The lowest BCUT2D eigenvalue weighted by molar-refractivity contribution is 0.613. The molecule has 0 atom stereocenters. The molecular weight excluding hydrogens is 243 g/mol. The fraction of sp³-hybridized carbons (Fsp3) is 0.267. The maximum absolute atomic E-state index is 13.5. The van der Waals surface area contributed by atoms with Crippen molar-refractivity contribution in [1.82, 2.24) is 4.98 Å². The quantitative estimate of drug-likeness (QED) is 0.887. The van der Waals surface area contributed by atoms with Crippen molar-refractivity contribution in [3.8, 4) is 0 Å². The van der Waals surface area contributed by atoms with E-state index in [4.69, 9.17) is 0 Å². The Kier molecular flexibility index (Phi) is 4.00. The molecule has 0 aliphatic rings. The van der Waals surface area contributed by atoms with Gasteiger partial charge >= 0.3 is 0 Å². The number of aromatic nitrogens is 1. The molecule has 3 nitrogen and oxygen atoms in total. The average molecular weight is 260 g/mol. The summed E-state index contributed by atoms with van der Waals surface area (Å²) >= 11 is 0. The molecule has 2 rings (SSSR count). The summed E-state index contributed by atoms with van der Waals surface area (Å²) in [5.41, 5.74) is 2.80. The van der Waals surface area contributed by atoms with Gasteiger partial charge in [-0.3, -0.25) is 4.79 Å². The standard InChI is InChI=1S/C15H17FN2O/c1-3-11-8-14(15(19)18-10(11)2)17-9-12-6-4-5-7-13(12)16/h4-8,17H,3,9H2,1-2H3,(H,18,19). The number of anilines is 1. The number of nitrogens with one attached hydrogen (secondary N) is 2. The Morgan fingerprint density at radius 1 is 1.26 bits per heavy atom. The largest absolute Gasteiger partial charge is 0.376 e. The van der Waals surface area contributed by atoms with Gasteiger partial charge in [0.15, 0.2) is 0 Å². The Hall–Kier alpha value is -2.10. The molecule has 0 amide bonds. The van der Waals surface area contributed by atoms with Gasteiger partial charge in [-0.05, 0) is 31.0 Å². The second kappa shape index (κ2) is 5.69. The summed E-state index contributed by atoms with van der Waals surface area (Å²) in [6, 6.07) is 8.36. The third kappa shape index (κ3) is 3.02. The lowest BCUT2D eigenvalue weighted by Gasteiger charge is -2.09. The Morgan fingerprint density at radius 2 is 2.00 bits per heavy atom. The van der Waals surface area contributed by atoms with Crippen LogP contribution in [0, 0.1) is 12.7 Å². The molecule has 0 aliphatic heterocycles. The van der Waals surface area contributed by atoms with Crippen LogP contribution in [0.5, 0.6) is 0 Å². The van der Waals surface area contributed by atoms with Crippen LogP contribution in [0.25, 0.3) is 0 Å². The summed E-state index contributed by atoms with van der Waals surface area (Å²) in [5, 5.41) is 2.99. The Morgan fingerprint density at radius 3 is 2.68 bits per heavy atom. The predicted molar refractivity (Wildman–Crippen MR) is 74.9 cm³/mol. The minimum Gasteiger partial charge on any atom is -0.376 e. The summed E-state index contributed by atoms with van der Waals surface area (Å²) in [4.78, 5) is 14.6. The van der Waals surface area contributed by atoms with Crippen LogP contribution in [-0.4, -0.2) is 4.98 Å². The van der Waals surface area contributed by atoms with E-state index in [0.29, 0.717) is 17.8 Å². The van der Waals surface area contributed by atoms with Crippen molar-refractivity contribution < 1.29 is 4.39 Å². The zero-order chi connectivity index (χ0) is 13.8. The smallest absolute Gasteiger partial charge is 0.271 e. The van der Waals surface area contributed by atoms with Crippen molar-refractivity contribution in [2.45, 2.75) is 26.8 Å². The van der Waals surface area contributed by atoms with Crippen LogP contribution in [0.3, 0.4) is 0 Å². The molecule has 0 fully saturated rings. The molecule has 1 aromatic carbocycles. The highest BCUT2D eigenvalue weighted by Gasteiger charge is 2.06. The fourth-order valence-corrected chi connectivity index (χ4v) is 2.00. The number of halogens is 1. The van der Waals surface area contributed by atoms with E-state index in [1.54, 1.807) is 18.2 Å². The van der Waals surface area contributed by atoms with Crippen molar-refractivity contribution in [3.05, 3.63) is 63.3 Å². The number of aromatic amines is 1. The molecule has 0 saturated carbocycles. The van der Waals surface area contributed by atoms with Crippen molar-refractivity contribution in [2.24, 2.45) is 0 Å². The van der Waals surface area contributed by atoms with Crippen LogP contribution < -0.4 is 10.9 Å². The van der Waals surface area contributed by atoms with Gasteiger partial charge in [-0.2, -0.15) is 0 Å². The monoisotopic (exact) mass is 260 g/mol. The normalized spacial score (nSPS) is 10.5. The zero-order valence-electron chi connectivity index (χ0n) is 11.1. The van der Waals surface area contributed by atoms with Gasteiger partial charge in [0.2, 0.25) is 0 Å². The topological polar surface area (TPSA) is 44.9 Å². The molecule has 0 spiro atoms. The van der Waals surface area contributed by atoms with Crippen LogP contribution >= 0.6 is 0 Å².